The molecule has 4 rings (SSSR count). The van der Waals surface area contributed by atoms with Crippen LogP contribution in [-0.4, -0.2) is 68.8 Å². The Bertz CT molecular complexity index is 1240. The fourth-order valence-electron chi connectivity index (χ4n) is 3.87. The summed E-state index contributed by atoms with van der Waals surface area (Å²) < 4.78 is 33.9. The van der Waals surface area contributed by atoms with Crippen molar-refractivity contribution in [3.8, 4) is 0 Å². The SMILES string of the molecule is CN(C)S(=O)(=O)c1ccc(N2CCOCC2)c(C(=O)NCc2ccccc2Cn2cccn2)c1. The first-order valence-electron chi connectivity index (χ1n) is 11.1. The van der Waals surface area contributed by atoms with E-state index in [4.69, 9.17) is 4.74 Å². The average molecular weight is 484 g/mol. The third-order valence-corrected chi connectivity index (χ3v) is 7.60. The number of benzene rings is 2. The molecule has 3 aromatic rings. The second-order valence-corrected chi connectivity index (χ2v) is 10.4. The van der Waals surface area contributed by atoms with Crippen LogP contribution in [-0.2, 0) is 27.8 Å². The van der Waals surface area contributed by atoms with Gasteiger partial charge in [0.15, 0.2) is 0 Å². The smallest absolute Gasteiger partial charge is 0.253 e. The van der Waals surface area contributed by atoms with Gasteiger partial charge in [0.25, 0.3) is 5.91 Å². The lowest BCUT2D eigenvalue weighted by atomic mass is 10.1. The number of rotatable bonds is 8. The third-order valence-electron chi connectivity index (χ3n) is 5.79. The largest absolute Gasteiger partial charge is 0.378 e. The van der Waals surface area contributed by atoms with Crippen molar-refractivity contribution in [3.05, 3.63) is 77.6 Å². The van der Waals surface area contributed by atoms with Crippen LogP contribution in [0.15, 0.2) is 65.8 Å². The average Bonchev–Trinajstić information content (AvgIpc) is 3.36. The molecule has 0 spiro atoms. The third kappa shape index (κ3) is 5.30. The summed E-state index contributed by atoms with van der Waals surface area (Å²) in [6.45, 7) is 3.27. The molecule has 1 N–H and O–H groups in total. The van der Waals surface area contributed by atoms with Crippen LogP contribution in [0.1, 0.15) is 21.5 Å². The number of aromatic nitrogens is 2. The van der Waals surface area contributed by atoms with Crippen molar-refractivity contribution in [3.63, 3.8) is 0 Å². The standard InChI is InChI=1S/C24H29N5O4S/c1-27(2)34(31,32)21-8-9-23(28-12-14-33-15-13-28)22(16-21)24(30)25-17-19-6-3-4-7-20(19)18-29-11-5-10-26-29/h3-11,16H,12-15,17-18H2,1-2H3,(H,25,30). The van der Waals surface area contributed by atoms with E-state index in [0.29, 0.717) is 50.6 Å². The summed E-state index contributed by atoms with van der Waals surface area (Å²) in [7, 11) is -0.735. The molecule has 0 unspecified atom stereocenters. The van der Waals surface area contributed by atoms with Gasteiger partial charge >= 0.3 is 0 Å². The van der Waals surface area contributed by atoms with E-state index >= 15 is 0 Å². The number of ether oxygens (including phenoxy) is 1. The summed E-state index contributed by atoms with van der Waals surface area (Å²) in [4.78, 5) is 15.5. The molecule has 1 aromatic heterocycles. The lowest BCUT2D eigenvalue weighted by Crippen LogP contribution is -2.38. The Morgan fingerprint density at radius 2 is 1.82 bits per heavy atom. The van der Waals surface area contributed by atoms with E-state index in [-0.39, 0.29) is 10.8 Å². The van der Waals surface area contributed by atoms with Gasteiger partial charge in [0.05, 0.1) is 30.2 Å². The van der Waals surface area contributed by atoms with Crippen LogP contribution in [0.4, 0.5) is 5.69 Å². The van der Waals surface area contributed by atoms with Crippen LogP contribution in [0, 0.1) is 0 Å². The van der Waals surface area contributed by atoms with Crippen molar-refractivity contribution in [2.45, 2.75) is 18.0 Å². The molecule has 0 saturated carbocycles. The normalized spacial score (nSPS) is 14.4. The minimum absolute atomic E-state index is 0.0822. The second kappa shape index (κ2) is 10.4. The highest BCUT2D eigenvalue weighted by Gasteiger charge is 2.24. The van der Waals surface area contributed by atoms with Crippen molar-refractivity contribution < 1.29 is 17.9 Å². The minimum Gasteiger partial charge on any atom is -0.378 e. The van der Waals surface area contributed by atoms with Crippen molar-refractivity contribution in [1.29, 1.82) is 0 Å². The zero-order valence-electron chi connectivity index (χ0n) is 19.3. The highest BCUT2D eigenvalue weighted by Crippen LogP contribution is 2.26. The van der Waals surface area contributed by atoms with E-state index in [9.17, 15) is 13.2 Å². The molecule has 10 heteroatoms. The Labute approximate surface area is 200 Å². The topological polar surface area (TPSA) is 96.8 Å². The lowest BCUT2D eigenvalue weighted by molar-refractivity contribution is 0.0949. The van der Waals surface area contributed by atoms with E-state index < -0.39 is 10.0 Å². The van der Waals surface area contributed by atoms with Gasteiger partial charge in [0.2, 0.25) is 10.0 Å². The number of nitrogens with one attached hydrogen (secondary N) is 1. The molecule has 0 radical (unpaired) electrons. The van der Waals surface area contributed by atoms with Gasteiger partial charge in [-0.25, -0.2) is 12.7 Å². The summed E-state index contributed by atoms with van der Waals surface area (Å²) in [5.41, 5.74) is 3.04. The molecule has 0 bridgehead atoms. The maximum absolute atomic E-state index is 13.4. The van der Waals surface area contributed by atoms with Crippen molar-refractivity contribution >= 4 is 21.6 Å². The summed E-state index contributed by atoms with van der Waals surface area (Å²) in [6, 6.07) is 14.4. The molecule has 0 atom stereocenters. The Morgan fingerprint density at radius 3 is 2.50 bits per heavy atom. The van der Waals surface area contributed by atoms with Crippen LogP contribution < -0.4 is 10.2 Å². The lowest BCUT2D eigenvalue weighted by Gasteiger charge is -2.30. The summed E-state index contributed by atoms with van der Waals surface area (Å²) >= 11 is 0. The maximum Gasteiger partial charge on any atom is 0.253 e. The molecular weight excluding hydrogens is 454 g/mol. The summed E-state index contributed by atoms with van der Waals surface area (Å²) in [5, 5.41) is 7.25. The molecule has 9 nitrogen and oxygen atoms in total. The zero-order chi connectivity index (χ0) is 24.1. The number of carbonyl (C=O) groups is 1. The van der Waals surface area contributed by atoms with E-state index in [2.05, 4.69) is 15.3 Å². The molecule has 1 amide bonds. The van der Waals surface area contributed by atoms with Crippen LogP contribution in [0.2, 0.25) is 0 Å². The molecule has 1 saturated heterocycles. The molecule has 1 fully saturated rings. The number of nitrogens with zero attached hydrogens (tertiary/aromatic N) is 4. The maximum atomic E-state index is 13.4. The summed E-state index contributed by atoms with van der Waals surface area (Å²) in [6.07, 6.45) is 3.62. The van der Waals surface area contributed by atoms with Crippen LogP contribution >= 0.6 is 0 Å². The first-order chi connectivity index (χ1) is 16.4. The monoisotopic (exact) mass is 483 g/mol. The van der Waals surface area contributed by atoms with E-state index in [1.165, 1.54) is 20.2 Å². The Balaban J connectivity index is 1.60. The first-order valence-corrected chi connectivity index (χ1v) is 12.5. The molecule has 1 aliphatic rings. The van der Waals surface area contributed by atoms with Crippen molar-refractivity contribution in [2.24, 2.45) is 0 Å². The van der Waals surface area contributed by atoms with Crippen LogP contribution in [0.5, 0.6) is 0 Å². The molecule has 1 aliphatic heterocycles. The van der Waals surface area contributed by atoms with E-state index in [0.717, 1.165) is 15.4 Å². The molecule has 2 heterocycles. The van der Waals surface area contributed by atoms with Gasteiger partial charge in [-0.15, -0.1) is 0 Å². The molecule has 180 valence electrons. The fraction of sp³-hybridized carbons (Fsp3) is 0.333. The quantitative estimate of drug-likeness (QED) is 0.526. The second-order valence-electron chi connectivity index (χ2n) is 8.22. The Kier molecular flexibility index (Phi) is 7.30. The number of amides is 1. The van der Waals surface area contributed by atoms with Gasteiger partial charge in [-0.05, 0) is 35.4 Å². The van der Waals surface area contributed by atoms with Gasteiger partial charge in [-0.1, -0.05) is 24.3 Å². The van der Waals surface area contributed by atoms with Gasteiger partial charge in [-0.2, -0.15) is 5.10 Å². The number of anilines is 1. The highest BCUT2D eigenvalue weighted by molar-refractivity contribution is 7.89. The predicted molar refractivity (Wildman–Crippen MR) is 129 cm³/mol. The van der Waals surface area contributed by atoms with Crippen molar-refractivity contribution in [1.82, 2.24) is 19.4 Å². The Hall–Kier alpha value is -3.21. The van der Waals surface area contributed by atoms with Crippen molar-refractivity contribution in [2.75, 3.05) is 45.3 Å². The number of hydrogen-bond acceptors (Lipinski definition) is 6. The van der Waals surface area contributed by atoms with Gasteiger partial charge < -0.3 is 15.0 Å². The van der Waals surface area contributed by atoms with E-state index in [1.807, 2.05) is 41.2 Å². The van der Waals surface area contributed by atoms with E-state index in [1.54, 1.807) is 18.3 Å². The van der Waals surface area contributed by atoms with Gasteiger partial charge in [0.1, 0.15) is 0 Å². The van der Waals surface area contributed by atoms with Crippen LogP contribution in [0.25, 0.3) is 0 Å². The number of morpholine rings is 1. The number of sulfonamides is 1. The first kappa shape index (κ1) is 23.9. The van der Waals surface area contributed by atoms with Gasteiger partial charge in [-0.3, -0.25) is 9.48 Å². The van der Waals surface area contributed by atoms with Crippen LogP contribution in [0.3, 0.4) is 0 Å². The minimum atomic E-state index is -3.68. The predicted octanol–water partition coefficient (Wildman–Crippen LogP) is 1.95. The number of hydrogen-bond donors (Lipinski definition) is 1. The highest BCUT2D eigenvalue weighted by atomic mass is 32.2. The summed E-state index contributed by atoms with van der Waals surface area (Å²) in [5.74, 6) is -0.328. The fourth-order valence-corrected chi connectivity index (χ4v) is 4.80. The Morgan fingerprint density at radius 1 is 1.09 bits per heavy atom. The molecular formula is C24H29N5O4S. The molecule has 0 aliphatic carbocycles. The molecule has 2 aromatic carbocycles. The molecule has 34 heavy (non-hydrogen) atoms. The van der Waals surface area contributed by atoms with Gasteiger partial charge in [0, 0.05) is 51.8 Å². The number of carbonyl (C=O) groups excluding carboxylic acids is 1. The zero-order valence-corrected chi connectivity index (χ0v) is 20.2.